The van der Waals surface area contributed by atoms with Crippen LogP contribution >= 0.6 is 15.9 Å². The number of rotatable bonds is 5. The number of nitrogens with one attached hydrogen (secondary N) is 1. The predicted molar refractivity (Wildman–Crippen MR) is 81.2 cm³/mol. The van der Waals surface area contributed by atoms with Gasteiger partial charge in [-0.2, -0.15) is 0 Å². The van der Waals surface area contributed by atoms with Gasteiger partial charge in [-0.3, -0.25) is 4.79 Å². The molecule has 1 saturated heterocycles. The lowest BCUT2D eigenvalue weighted by molar-refractivity contribution is 0.0952. The predicted octanol–water partition coefficient (Wildman–Crippen LogP) is 2.25. The number of anilines is 1. The van der Waals surface area contributed by atoms with Crippen molar-refractivity contribution in [3.05, 3.63) is 28.2 Å². The number of likely N-dealkylation sites (tertiary alicyclic amines) is 1. The Hall–Kier alpha value is -1.07. The number of nitrogens with zero attached hydrogens (tertiary/aromatic N) is 1. The normalized spacial score (nSPS) is 15.6. The van der Waals surface area contributed by atoms with Crippen LogP contribution in [0.3, 0.4) is 0 Å². The zero-order valence-corrected chi connectivity index (χ0v) is 12.6. The summed E-state index contributed by atoms with van der Waals surface area (Å²) in [6, 6.07) is 5.26. The molecule has 0 saturated carbocycles. The Labute approximate surface area is 122 Å². The van der Waals surface area contributed by atoms with Crippen LogP contribution in [0.15, 0.2) is 22.7 Å². The maximum absolute atomic E-state index is 11.9. The van der Waals surface area contributed by atoms with E-state index in [1.807, 2.05) is 0 Å². The molecule has 1 fully saturated rings. The van der Waals surface area contributed by atoms with Crippen molar-refractivity contribution in [2.75, 3.05) is 31.9 Å². The third-order valence-corrected chi connectivity index (χ3v) is 3.78. The monoisotopic (exact) mass is 325 g/mol. The SMILES string of the molecule is Nc1cc(Br)cc(C(=O)NCCCN2CCCC2)c1. The molecule has 2 rings (SSSR count). The highest BCUT2D eigenvalue weighted by Gasteiger charge is 2.11. The third-order valence-electron chi connectivity index (χ3n) is 3.32. The quantitative estimate of drug-likeness (QED) is 0.644. The Morgan fingerprint density at radius 1 is 1.32 bits per heavy atom. The van der Waals surface area contributed by atoms with Crippen LogP contribution in [0, 0.1) is 0 Å². The molecule has 4 nitrogen and oxygen atoms in total. The Kier molecular flexibility index (Phi) is 5.22. The summed E-state index contributed by atoms with van der Waals surface area (Å²) in [5.74, 6) is -0.0607. The van der Waals surface area contributed by atoms with E-state index in [0.717, 1.165) is 17.4 Å². The van der Waals surface area contributed by atoms with Gasteiger partial charge in [-0.25, -0.2) is 0 Å². The van der Waals surface area contributed by atoms with E-state index in [2.05, 4.69) is 26.1 Å². The molecule has 0 aliphatic carbocycles. The van der Waals surface area contributed by atoms with Crippen LogP contribution in [-0.2, 0) is 0 Å². The first-order valence-electron chi connectivity index (χ1n) is 6.72. The summed E-state index contributed by atoms with van der Waals surface area (Å²) in [6.45, 7) is 4.19. The summed E-state index contributed by atoms with van der Waals surface area (Å²) in [6.07, 6.45) is 3.61. The number of benzene rings is 1. The minimum Gasteiger partial charge on any atom is -0.399 e. The van der Waals surface area contributed by atoms with Crippen LogP contribution in [-0.4, -0.2) is 37.0 Å². The molecule has 104 valence electrons. The van der Waals surface area contributed by atoms with Gasteiger partial charge in [0.15, 0.2) is 0 Å². The fraction of sp³-hybridized carbons (Fsp3) is 0.500. The van der Waals surface area contributed by atoms with Gasteiger partial charge in [0.1, 0.15) is 0 Å². The molecule has 1 aromatic carbocycles. The van der Waals surface area contributed by atoms with Crippen molar-refractivity contribution >= 4 is 27.5 Å². The summed E-state index contributed by atoms with van der Waals surface area (Å²) < 4.78 is 0.828. The smallest absolute Gasteiger partial charge is 0.251 e. The fourth-order valence-electron chi connectivity index (χ4n) is 2.36. The third kappa shape index (κ3) is 4.51. The van der Waals surface area contributed by atoms with Crippen LogP contribution in [0.4, 0.5) is 5.69 Å². The molecule has 19 heavy (non-hydrogen) atoms. The van der Waals surface area contributed by atoms with Gasteiger partial charge < -0.3 is 16.0 Å². The average Bonchev–Trinajstić information content (AvgIpc) is 2.86. The van der Waals surface area contributed by atoms with Crippen LogP contribution in [0.25, 0.3) is 0 Å². The van der Waals surface area contributed by atoms with Crippen molar-refractivity contribution < 1.29 is 4.79 Å². The lowest BCUT2D eigenvalue weighted by atomic mass is 10.2. The molecule has 0 aromatic heterocycles. The minimum absolute atomic E-state index is 0.0607. The van der Waals surface area contributed by atoms with E-state index in [4.69, 9.17) is 5.73 Å². The van der Waals surface area contributed by atoms with E-state index in [1.165, 1.54) is 25.9 Å². The van der Waals surface area contributed by atoms with Crippen molar-refractivity contribution in [2.45, 2.75) is 19.3 Å². The molecule has 0 spiro atoms. The summed E-state index contributed by atoms with van der Waals surface area (Å²) in [4.78, 5) is 14.4. The maximum Gasteiger partial charge on any atom is 0.251 e. The highest BCUT2D eigenvalue weighted by molar-refractivity contribution is 9.10. The number of carbonyl (C=O) groups excluding carboxylic acids is 1. The number of halogens is 1. The van der Waals surface area contributed by atoms with Crippen molar-refractivity contribution in [1.82, 2.24) is 10.2 Å². The van der Waals surface area contributed by atoms with Gasteiger partial charge in [0.05, 0.1) is 0 Å². The van der Waals surface area contributed by atoms with Crippen molar-refractivity contribution in [1.29, 1.82) is 0 Å². The zero-order valence-electron chi connectivity index (χ0n) is 11.0. The number of amides is 1. The first-order chi connectivity index (χ1) is 9.15. The zero-order chi connectivity index (χ0) is 13.7. The molecule has 1 heterocycles. The first-order valence-corrected chi connectivity index (χ1v) is 7.51. The first kappa shape index (κ1) is 14.3. The number of hydrogen-bond donors (Lipinski definition) is 2. The van der Waals surface area contributed by atoms with E-state index in [9.17, 15) is 4.79 Å². The second-order valence-corrected chi connectivity index (χ2v) is 5.85. The van der Waals surface area contributed by atoms with E-state index >= 15 is 0 Å². The molecular weight excluding hydrogens is 306 g/mol. The Morgan fingerprint density at radius 2 is 2.05 bits per heavy atom. The summed E-state index contributed by atoms with van der Waals surface area (Å²) in [5.41, 5.74) is 6.92. The van der Waals surface area contributed by atoms with E-state index in [0.29, 0.717) is 17.8 Å². The summed E-state index contributed by atoms with van der Waals surface area (Å²) >= 11 is 3.34. The average molecular weight is 326 g/mol. The van der Waals surface area contributed by atoms with Gasteiger partial charge in [0.25, 0.3) is 5.91 Å². The van der Waals surface area contributed by atoms with Gasteiger partial charge in [-0.15, -0.1) is 0 Å². The summed E-state index contributed by atoms with van der Waals surface area (Å²) in [5, 5.41) is 2.94. The van der Waals surface area contributed by atoms with E-state index in [1.54, 1.807) is 18.2 Å². The Bertz CT molecular complexity index is 424. The van der Waals surface area contributed by atoms with Crippen LogP contribution < -0.4 is 11.1 Å². The second-order valence-electron chi connectivity index (χ2n) is 4.93. The highest BCUT2D eigenvalue weighted by atomic mass is 79.9. The molecule has 3 N–H and O–H groups in total. The molecule has 0 unspecified atom stereocenters. The highest BCUT2D eigenvalue weighted by Crippen LogP contribution is 2.17. The second kappa shape index (κ2) is 6.91. The lowest BCUT2D eigenvalue weighted by Gasteiger charge is -2.14. The van der Waals surface area contributed by atoms with Crippen molar-refractivity contribution in [3.63, 3.8) is 0 Å². The van der Waals surface area contributed by atoms with Gasteiger partial charge in [0, 0.05) is 22.3 Å². The molecule has 0 bridgehead atoms. The number of nitrogens with two attached hydrogens (primary N) is 1. The van der Waals surface area contributed by atoms with Crippen LogP contribution in [0.5, 0.6) is 0 Å². The Balaban J connectivity index is 1.74. The topological polar surface area (TPSA) is 58.4 Å². The minimum atomic E-state index is -0.0607. The van der Waals surface area contributed by atoms with E-state index in [-0.39, 0.29) is 5.91 Å². The van der Waals surface area contributed by atoms with Gasteiger partial charge in [-0.05, 0) is 57.1 Å². The molecule has 1 aromatic rings. The Morgan fingerprint density at radius 3 is 2.74 bits per heavy atom. The molecule has 0 radical (unpaired) electrons. The summed E-state index contributed by atoms with van der Waals surface area (Å²) in [7, 11) is 0. The van der Waals surface area contributed by atoms with Crippen LogP contribution in [0.2, 0.25) is 0 Å². The molecule has 1 aliphatic rings. The molecule has 1 amide bonds. The number of hydrogen-bond acceptors (Lipinski definition) is 3. The fourth-order valence-corrected chi connectivity index (χ4v) is 2.87. The number of nitrogen functional groups attached to an aromatic ring is 1. The van der Waals surface area contributed by atoms with Gasteiger partial charge in [0.2, 0.25) is 0 Å². The molecule has 0 atom stereocenters. The maximum atomic E-state index is 11.9. The lowest BCUT2D eigenvalue weighted by Crippen LogP contribution is -2.28. The largest absolute Gasteiger partial charge is 0.399 e. The standard InChI is InChI=1S/C14H20BrN3O/c15-12-8-11(9-13(16)10-12)14(19)17-4-3-7-18-5-1-2-6-18/h8-10H,1-7,16H2,(H,17,19). The molecule has 5 heteroatoms. The van der Waals surface area contributed by atoms with Crippen molar-refractivity contribution in [2.24, 2.45) is 0 Å². The van der Waals surface area contributed by atoms with E-state index < -0.39 is 0 Å². The molecule has 1 aliphatic heterocycles. The van der Waals surface area contributed by atoms with Gasteiger partial charge in [-0.1, -0.05) is 15.9 Å². The number of carbonyl (C=O) groups is 1. The van der Waals surface area contributed by atoms with Crippen molar-refractivity contribution in [3.8, 4) is 0 Å². The molecular formula is C14H20BrN3O. The van der Waals surface area contributed by atoms with Crippen LogP contribution in [0.1, 0.15) is 29.6 Å². The van der Waals surface area contributed by atoms with Gasteiger partial charge >= 0.3 is 0 Å².